The van der Waals surface area contributed by atoms with E-state index in [1.165, 1.54) is 0 Å². The highest BCUT2D eigenvalue weighted by Crippen LogP contribution is 2.17. The number of hydrogen-bond acceptors (Lipinski definition) is 5. The van der Waals surface area contributed by atoms with E-state index in [0.717, 1.165) is 22.4 Å². The highest BCUT2D eigenvalue weighted by Gasteiger charge is 2.17. The highest BCUT2D eigenvalue weighted by molar-refractivity contribution is 5.58. The number of aliphatic hydroxyl groups excluding tert-OH is 1. The summed E-state index contributed by atoms with van der Waals surface area (Å²) in [4.78, 5) is 4.35. The molecule has 3 rings (SSSR count). The van der Waals surface area contributed by atoms with Gasteiger partial charge in [0.05, 0.1) is 11.8 Å². The molecular weight excluding hydrogens is 336 g/mol. The molecule has 2 aromatic carbocycles. The molecule has 0 bridgehead atoms. The van der Waals surface area contributed by atoms with Crippen molar-refractivity contribution < 1.29 is 5.11 Å². The molecule has 0 fully saturated rings. The first-order chi connectivity index (χ1) is 13.1. The van der Waals surface area contributed by atoms with E-state index in [2.05, 4.69) is 4.98 Å². The van der Waals surface area contributed by atoms with Gasteiger partial charge in [-0.3, -0.25) is 10.8 Å². The van der Waals surface area contributed by atoms with E-state index in [-0.39, 0.29) is 6.04 Å². The summed E-state index contributed by atoms with van der Waals surface area (Å²) in [7, 11) is 0. The molecule has 0 aliphatic carbocycles. The summed E-state index contributed by atoms with van der Waals surface area (Å²) < 4.78 is 0. The largest absolute Gasteiger partial charge is 0.390 e. The van der Waals surface area contributed by atoms with Crippen LogP contribution in [0, 0.1) is 0 Å². The maximum absolute atomic E-state index is 10.4. The van der Waals surface area contributed by atoms with Gasteiger partial charge in [-0.2, -0.15) is 0 Å². The molecule has 5 N–H and O–H groups in total. The second-order valence-electron chi connectivity index (χ2n) is 6.76. The first-order valence-corrected chi connectivity index (χ1v) is 9.09. The third-order valence-corrected chi connectivity index (χ3v) is 4.53. The van der Waals surface area contributed by atoms with Crippen LogP contribution in [-0.2, 0) is 13.0 Å². The van der Waals surface area contributed by atoms with Gasteiger partial charge in [-0.05, 0) is 29.7 Å². The molecule has 0 amide bonds. The summed E-state index contributed by atoms with van der Waals surface area (Å²) in [6, 6.07) is 23.5. The number of nitrogens with two attached hydrogens (primary N) is 2. The van der Waals surface area contributed by atoms with Crippen LogP contribution >= 0.6 is 0 Å². The summed E-state index contributed by atoms with van der Waals surface area (Å²) in [5.74, 6) is 6.09. The molecule has 27 heavy (non-hydrogen) atoms. The minimum absolute atomic E-state index is 0.315. The second kappa shape index (κ2) is 9.39. The molecule has 2 atom stereocenters. The van der Waals surface area contributed by atoms with Crippen molar-refractivity contribution in [1.29, 1.82) is 0 Å². The van der Waals surface area contributed by atoms with Gasteiger partial charge in [0.15, 0.2) is 0 Å². The van der Waals surface area contributed by atoms with Crippen molar-refractivity contribution in [3.63, 3.8) is 0 Å². The average Bonchev–Trinajstić information content (AvgIpc) is 2.70. The van der Waals surface area contributed by atoms with E-state index >= 15 is 0 Å². The fourth-order valence-electron chi connectivity index (χ4n) is 3.01. The maximum Gasteiger partial charge on any atom is 0.0835 e. The summed E-state index contributed by atoms with van der Waals surface area (Å²) in [5.41, 5.74) is 10.3. The zero-order valence-electron chi connectivity index (χ0n) is 15.3. The Morgan fingerprint density at radius 1 is 0.889 bits per heavy atom. The van der Waals surface area contributed by atoms with Crippen molar-refractivity contribution in [2.24, 2.45) is 11.6 Å². The Morgan fingerprint density at radius 3 is 2.26 bits per heavy atom. The first-order valence-electron chi connectivity index (χ1n) is 9.09. The van der Waals surface area contributed by atoms with Crippen LogP contribution in [0.2, 0.25) is 0 Å². The van der Waals surface area contributed by atoms with E-state index in [0.29, 0.717) is 19.5 Å². The normalized spacial score (nSPS) is 13.5. The van der Waals surface area contributed by atoms with Crippen LogP contribution in [0.25, 0.3) is 11.3 Å². The number of hydrogen-bond donors (Lipinski definition) is 3. The molecule has 0 radical (unpaired) electrons. The summed E-state index contributed by atoms with van der Waals surface area (Å²) in [6.07, 6.45) is 1.71. The fraction of sp³-hybridized carbons (Fsp3) is 0.227. The predicted octanol–water partition coefficient (Wildman–Crippen LogP) is 2.36. The monoisotopic (exact) mass is 362 g/mol. The van der Waals surface area contributed by atoms with Gasteiger partial charge in [-0.25, -0.2) is 5.01 Å². The number of rotatable bonds is 8. The van der Waals surface area contributed by atoms with E-state index in [1.807, 2.05) is 72.8 Å². The number of nitrogens with zero attached hydrogens (tertiary/aromatic N) is 2. The van der Waals surface area contributed by atoms with Crippen LogP contribution in [0.4, 0.5) is 0 Å². The van der Waals surface area contributed by atoms with Gasteiger partial charge in [-0.1, -0.05) is 60.7 Å². The lowest BCUT2D eigenvalue weighted by atomic mass is 10.0. The van der Waals surface area contributed by atoms with Crippen LogP contribution in [0.3, 0.4) is 0 Å². The van der Waals surface area contributed by atoms with Crippen LogP contribution in [0.15, 0.2) is 79.0 Å². The van der Waals surface area contributed by atoms with Crippen molar-refractivity contribution in [3.8, 4) is 11.3 Å². The van der Waals surface area contributed by atoms with Gasteiger partial charge < -0.3 is 10.8 Å². The van der Waals surface area contributed by atoms with Gasteiger partial charge in [-0.15, -0.1) is 0 Å². The van der Waals surface area contributed by atoms with Crippen LogP contribution in [-0.4, -0.2) is 33.8 Å². The van der Waals surface area contributed by atoms with Gasteiger partial charge >= 0.3 is 0 Å². The lowest BCUT2D eigenvalue weighted by Gasteiger charge is -2.24. The van der Waals surface area contributed by atoms with Crippen molar-refractivity contribution in [1.82, 2.24) is 9.99 Å². The standard InChI is InChI=1S/C22H26N4O/c23-20(14-17-6-2-1-3-7-17)22(27)16-26(24)15-18-9-11-19(12-10-18)21-8-4-5-13-25-21/h1-13,20,22,27H,14-16,23-24H2/t20-,22-/m0/s1. The third-order valence-electron chi connectivity index (χ3n) is 4.53. The number of aliphatic hydroxyl groups is 1. The molecule has 1 heterocycles. The molecule has 140 valence electrons. The molecule has 3 aromatic rings. The lowest BCUT2D eigenvalue weighted by Crippen LogP contribution is -2.46. The minimum atomic E-state index is -0.692. The molecule has 0 aliphatic rings. The van der Waals surface area contributed by atoms with Crippen molar-refractivity contribution in [2.45, 2.75) is 25.1 Å². The van der Waals surface area contributed by atoms with E-state index in [1.54, 1.807) is 11.2 Å². The Bertz CT molecular complexity index is 809. The number of hydrazine groups is 1. The van der Waals surface area contributed by atoms with Gasteiger partial charge in [0.2, 0.25) is 0 Å². The van der Waals surface area contributed by atoms with E-state index < -0.39 is 6.10 Å². The summed E-state index contributed by atoms with van der Waals surface area (Å²) in [6.45, 7) is 0.855. The molecule has 5 nitrogen and oxygen atoms in total. The van der Waals surface area contributed by atoms with Gasteiger partial charge in [0, 0.05) is 30.9 Å². The van der Waals surface area contributed by atoms with Crippen molar-refractivity contribution >= 4 is 0 Å². The molecule has 0 saturated carbocycles. The second-order valence-corrected chi connectivity index (χ2v) is 6.76. The first kappa shape index (κ1) is 19.2. The predicted molar refractivity (Wildman–Crippen MR) is 108 cm³/mol. The molecule has 0 spiro atoms. The molecule has 0 saturated heterocycles. The SMILES string of the molecule is N[C@@H](Cc1ccccc1)[C@@H](O)CN(N)Cc1ccc(-c2ccccn2)cc1. The molecule has 0 aliphatic heterocycles. The van der Waals surface area contributed by atoms with Crippen LogP contribution < -0.4 is 11.6 Å². The summed E-state index contributed by atoms with van der Waals surface area (Å²) >= 11 is 0. The van der Waals surface area contributed by atoms with E-state index in [9.17, 15) is 5.11 Å². The molecule has 1 aromatic heterocycles. The molecular formula is C22H26N4O. The Hall–Kier alpha value is -2.57. The average molecular weight is 362 g/mol. The Kier molecular flexibility index (Phi) is 6.68. The third kappa shape index (κ3) is 5.70. The molecule has 5 heteroatoms. The smallest absolute Gasteiger partial charge is 0.0835 e. The van der Waals surface area contributed by atoms with Gasteiger partial charge in [0.1, 0.15) is 0 Å². The van der Waals surface area contributed by atoms with Crippen molar-refractivity contribution in [2.75, 3.05) is 6.54 Å². The quantitative estimate of drug-likeness (QED) is 0.423. The zero-order chi connectivity index (χ0) is 19.1. The number of aromatic nitrogens is 1. The topological polar surface area (TPSA) is 88.4 Å². The van der Waals surface area contributed by atoms with Gasteiger partial charge in [0.25, 0.3) is 0 Å². The number of pyridine rings is 1. The Morgan fingerprint density at radius 2 is 1.59 bits per heavy atom. The highest BCUT2D eigenvalue weighted by atomic mass is 16.3. The van der Waals surface area contributed by atoms with Crippen molar-refractivity contribution in [3.05, 3.63) is 90.1 Å². The lowest BCUT2D eigenvalue weighted by molar-refractivity contribution is 0.0877. The number of benzene rings is 2. The van der Waals surface area contributed by atoms with Crippen LogP contribution in [0.1, 0.15) is 11.1 Å². The minimum Gasteiger partial charge on any atom is -0.390 e. The van der Waals surface area contributed by atoms with E-state index in [4.69, 9.17) is 11.6 Å². The Balaban J connectivity index is 1.51. The Labute approximate surface area is 160 Å². The molecule has 0 unspecified atom stereocenters. The zero-order valence-corrected chi connectivity index (χ0v) is 15.3. The summed E-state index contributed by atoms with van der Waals surface area (Å²) in [5, 5.41) is 12.0. The van der Waals surface area contributed by atoms with Crippen LogP contribution in [0.5, 0.6) is 0 Å². The fourth-order valence-corrected chi connectivity index (χ4v) is 3.01. The maximum atomic E-state index is 10.4.